The number of benzene rings is 1. The van der Waals surface area contributed by atoms with Gasteiger partial charge < -0.3 is 10.0 Å². The van der Waals surface area contributed by atoms with Crippen LogP contribution in [0.25, 0.3) is 0 Å². The van der Waals surface area contributed by atoms with Gasteiger partial charge in [0.05, 0.1) is 6.10 Å². The van der Waals surface area contributed by atoms with Gasteiger partial charge in [-0.05, 0) is 31.0 Å². The van der Waals surface area contributed by atoms with Crippen LogP contribution in [0, 0.1) is 0 Å². The molecule has 0 bridgehead atoms. The average Bonchev–Trinajstić information content (AvgIpc) is 2.53. The van der Waals surface area contributed by atoms with Gasteiger partial charge in [-0.15, -0.1) is 0 Å². The van der Waals surface area contributed by atoms with Crippen molar-refractivity contribution in [3.05, 3.63) is 35.4 Å². The lowest BCUT2D eigenvalue weighted by Gasteiger charge is -2.41. The highest BCUT2D eigenvalue weighted by Gasteiger charge is 2.29. The zero-order valence-corrected chi connectivity index (χ0v) is 15.6. The lowest BCUT2D eigenvalue weighted by atomic mass is 10.1. The zero-order valence-electron chi connectivity index (χ0n) is 14.8. The van der Waals surface area contributed by atoms with Crippen molar-refractivity contribution >= 4 is 16.7 Å². The van der Waals surface area contributed by atoms with Crippen LogP contribution in [0.5, 0.6) is 0 Å². The lowest BCUT2D eigenvalue weighted by molar-refractivity contribution is 0.0309. The summed E-state index contributed by atoms with van der Waals surface area (Å²) in [5.41, 5.74) is 1.60. The predicted molar refractivity (Wildman–Crippen MR) is 97.4 cm³/mol. The molecule has 5 nitrogen and oxygen atoms in total. The van der Waals surface area contributed by atoms with Crippen LogP contribution in [0.1, 0.15) is 36.2 Å². The van der Waals surface area contributed by atoms with E-state index >= 15 is 0 Å². The van der Waals surface area contributed by atoms with Gasteiger partial charge in [-0.2, -0.15) is 0 Å². The van der Waals surface area contributed by atoms with Crippen molar-refractivity contribution < 1.29 is 14.1 Å². The van der Waals surface area contributed by atoms with E-state index < -0.39 is 10.8 Å². The second kappa shape index (κ2) is 8.74. The third-order valence-corrected chi connectivity index (χ3v) is 5.15. The normalized spacial score (nSPS) is 21.5. The molecule has 24 heavy (non-hydrogen) atoms. The zero-order chi connectivity index (χ0) is 17.7. The molecule has 1 aliphatic rings. The second-order valence-corrected chi connectivity index (χ2v) is 8.01. The number of carbonyl (C=O) groups excluding carboxylic acids is 1. The van der Waals surface area contributed by atoms with Gasteiger partial charge in [0.1, 0.15) is 0 Å². The van der Waals surface area contributed by atoms with E-state index in [4.69, 9.17) is 0 Å². The van der Waals surface area contributed by atoms with E-state index in [-0.39, 0.29) is 18.1 Å². The molecule has 0 aliphatic carbocycles. The van der Waals surface area contributed by atoms with Gasteiger partial charge in [0, 0.05) is 60.6 Å². The van der Waals surface area contributed by atoms with E-state index in [9.17, 15) is 14.1 Å². The summed E-state index contributed by atoms with van der Waals surface area (Å²) in [5, 5.41) is 9.63. The molecule has 2 rings (SSSR count). The summed E-state index contributed by atoms with van der Waals surface area (Å²) in [6, 6.07) is 7.73. The molecule has 0 spiro atoms. The van der Waals surface area contributed by atoms with Gasteiger partial charge in [0.2, 0.25) is 0 Å². The van der Waals surface area contributed by atoms with Crippen molar-refractivity contribution in [1.82, 2.24) is 9.80 Å². The summed E-state index contributed by atoms with van der Waals surface area (Å²) < 4.78 is 11.4. The maximum atomic E-state index is 12.8. The van der Waals surface area contributed by atoms with Gasteiger partial charge in [-0.25, -0.2) is 0 Å². The molecule has 1 aromatic carbocycles. The summed E-state index contributed by atoms with van der Waals surface area (Å²) in [5.74, 6) is 0.509. The highest BCUT2D eigenvalue weighted by molar-refractivity contribution is 7.83. The first kappa shape index (κ1) is 19.1. The van der Waals surface area contributed by atoms with Crippen molar-refractivity contribution in [3.8, 4) is 0 Å². The fraction of sp³-hybridized carbons (Fsp3) is 0.611. The van der Waals surface area contributed by atoms with Crippen molar-refractivity contribution in [2.75, 3.05) is 32.4 Å². The van der Waals surface area contributed by atoms with E-state index in [1.165, 1.54) is 0 Å². The van der Waals surface area contributed by atoms with E-state index in [2.05, 4.69) is 11.8 Å². The Morgan fingerprint density at radius 3 is 2.79 bits per heavy atom. The van der Waals surface area contributed by atoms with Crippen LogP contribution in [-0.4, -0.2) is 69.6 Å². The minimum Gasteiger partial charge on any atom is -0.392 e. The fourth-order valence-corrected chi connectivity index (χ4v) is 3.90. The first-order valence-corrected chi connectivity index (χ1v) is 10.2. The number of hydrogen-bond acceptors (Lipinski definition) is 4. The first-order valence-electron chi connectivity index (χ1n) is 8.51. The number of nitrogens with zero attached hydrogens (tertiary/aromatic N) is 2. The third kappa shape index (κ3) is 5.13. The number of rotatable bonds is 6. The number of carbonyl (C=O) groups is 1. The molecular formula is C18H28N2O3S. The molecule has 0 aromatic heterocycles. The summed E-state index contributed by atoms with van der Waals surface area (Å²) in [4.78, 5) is 17.0. The Kier molecular flexibility index (Phi) is 6.95. The third-order valence-electron chi connectivity index (χ3n) is 4.41. The Morgan fingerprint density at radius 2 is 2.17 bits per heavy atom. The molecule has 0 saturated carbocycles. The van der Waals surface area contributed by atoms with Crippen LogP contribution in [0.2, 0.25) is 0 Å². The maximum absolute atomic E-state index is 12.8. The summed E-state index contributed by atoms with van der Waals surface area (Å²) in [6.45, 7) is 6.71. The molecule has 3 atom stereocenters. The summed E-state index contributed by atoms with van der Waals surface area (Å²) in [7, 11) is -0.916. The Hall–Kier alpha value is -1.24. The van der Waals surface area contributed by atoms with Gasteiger partial charge in [0.25, 0.3) is 5.91 Å². The van der Waals surface area contributed by atoms with Crippen LogP contribution in [0.15, 0.2) is 24.3 Å². The highest BCUT2D eigenvalue weighted by atomic mass is 32.2. The quantitative estimate of drug-likeness (QED) is 0.842. The molecule has 1 saturated heterocycles. The van der Waals surface area contributed by atoms with Gasteiger partial charge >= 0.3 is 0 Å². The number of piperazine rings is 1. The molecule has 0 radical (unpaired) electrons. The largest absolute Gasteiger partial charge is 0.392 e. The fourth-order valence-electron chi connectivity index (χ4n) is 3.26. The molecule has 1 amide bonds. The number of aliphatic hydroxyl groups excluding tert-OH is 1. The number of β-amino-alcohol motifs (C(OH)–C–C–N with tert-alkyl or cyclic N) is 1. The summed E-state index contributed by atoms with van der Waals surface area (Å²) >= 11 is 0. The molecule has 6 heteroatoms. The molecule has 1 aromatic rings. The Morgan fingerprint density at radius 1 is 1.42 bits per heavy atom. The lowest BCUT2D eigenvalue weighted by Crippen LogP contribution is -2.55. The number of aliphatic hydroxyl groups is 1. The predicted octanol–water partition coefficient (Wildman–Crippen LogP) is 1.48. The van der Waals surface area contributed by atoms with Crippen LogP contribution in [-0.2, 0) is 16.6 Å². The molecular weight excluding hydrogens is 324 g/mol. The van der Waals surface area contributed by atoms with Crippen LogP contribution < -0.4 is 0 Å². The van der Waals surface area contributed by atoms with Gasteiger partial charge in [-0.3, -0.25) is 13.9 Å². The van der Waals surface area contributed by atoms with Crippen LogP contribution >= 0.6 is 0 Å². The van der Waals surface area contributed by atoms with E-state index in [1.807, 2.05) is 29.2 Å². The molecule has 1 aliphatic heterocycles. The van der Waals surface area contributed by atoms with Crippen molar-refractivity contribution in [1.29, 1.82) is 0 Å². The minimum atomic E-state index is -0.916. The van der Waals surface area contributed by atoms with E-state index in [1.54, 1.807) is 13.2 Å². The minimum absolute atomic E-state index is 0.0360. The molecule has 1 fully saturated rings. The average molecular weight is 353 g/mol. The van der Waals surface area contributed by atoms with Crippen LogP contribution in [0.4, 0.5) is 0 Å². The number of amides is 1. The molecule has 0 unspecified atom stereocenters. The molecule has 1 heterocycles. The number of hydrogen-bond donors (Lipinski definition) is 1. The summed E-state index contributed by atoms with van der Waals surface area (Å²) in [6.07, 6.45) is 2.26. The standard InChI is InChI=1S/C18H28N2O3S/c1-4-17-12-20(9-8-19(17)11-14(2)21)18(22)16-7-5-6-15(10-16)13-24(3)23/h5-7,10,14,17,21H,4,8-9,11-13H2,1-3H3/t14-,17-,24+/m1/s1. The maximum Gasteiger partial charge on any atom is 0.253 e. The Balaban J connectivity index is 2.06. The Labute approximate surface area is 147 Å². The molecule has 134 valence electrons. The second-order valence-electron chi connectivity index (χ2n) is 6.58. The monoisotopic (exact) mass is 352 g/mol. The van der Waals surface area contributed by atoms with Crippen LogP contribution in [0.3, 0.4) is 0 Å². The SMILES string of the molecule is CC[C@@H]1CN(C(=O)c2cccc(C[S@](C)=O)c2)CCN1C[C@@H](C)O. The molecule has 1 N–H and O–H groups in total. The van der Waals surface area contributed by atoms with Gasteiger partial charge in [0.15, 0.2) is 0 Å². The Bertz CT molecular complexity index is 591. The highest BCUT2D eigenvalue weighted by Crippen LogP contribution is 2.17. The first-order chi connectivity index (χ1) is 11.4. The van der Waals surface area contributed by atoms with Crippen molar-refractivity contribution in [3.63, 3.8) is 0 Å². The van der Waals surface area contributed by atoms with Crippen molar-refractivity contribution in [2.24, 2.45) is 0 Å². The van der Waals surface area contributed by atoms with E-state index in [0.717, 1.165) is 18.5 Å². The smallest absolute Gasteiger partial charge is 0.253 e. The van der Waals surface area contributed by atoms with E-state index in [0.29, 0.717) is 31.0 Å². The van der Waals surface area contributed by atoms with Crippen molar-refractivity contribution in [2.45, 2.75) is 38.2 Å². The topological polar surface area (TPSA) is 60.9 Å². The van der Waals surface area contributed by atoms with Gasteiger partial charge in [-0.1, -0.05) is 19.1 Å².